The predicted octanol–water partition coefficient (Wildman–Crippen LogP) is 2.02. The van der Waals surface area contributed by atoms with Gasteiger partial charge in [-0.3, -0.25) is 0 Å². The first-order chi connectivity index (χ1) is 8.77. The summed E-state index contributed by atoms with van der Waals surface area (Å²) in [5.41, 5.74) is 6.14. The number of likely N-dealkylation sites (N-methyl/N-ethyl adjacent to an activating group) is 1. The third kappa shape index (κ3) is 4.71. The molecule has 0 heterocycles. The Hall–Kier alpha value is -0.150. The van der Waals surface area contributed by atoms with E-state index in [2.05, 4.69) is 36.6 Å². The quantitative estimate of drug-likeness (QED) is 0.698. The number of anilines is 1. The van der Waals surface area contributed by atoms with E-state index in [1.165, 1.54) is 0 Å². The summed E-state index contributed by atoms with van der Waals surface area (Å²) in [6.45, 7) is 3.90. The summed E-state index contributed by atoms with van der Waals surface area (Å²) < 4.78 is 27.9. The van der Waals surface area contributed by atoms with Crippen LogP contribution in [0.2, 0.25) is 0 Å². The molecule has 1 rings (SSSR count). The van der Waals surface area contributed by atoms with E-state index < -0.39 is 10.0 Å². The van der Waals surface area contributed by atoms with Crippen LogP contribution in [0.1, 0.15) is 6.92 Å². The Bertz CT molecular complexity index is 526. The lowest BCUT2D eigenvalue weighted by Crippen LogP contribution is -2.33. The maximum absolute atomic E-state index is 12.2. The Morgan fingerprint density at radius 2 is 1.84 bits per heavy atom. The number of sulfonamides is 1. The van der Waals surface area contributed by atoms with E-state index in [1.807, 2.05) is 18.9 Å². The van der Waals surface area contributed by atoms with Crippen LogP contribution < -0.4 is 10.5 Å². The molecule has 0 spiro atoms. The first-order valence-electron chi connectivity index (χ1n) is 5.70. The Morgan fingerprint density at radius 3 is 2.32 bits per heavy atom. The molecule has 0 atom stereocenters. The number of nitrogens with one attached hydrogen (secondary N) is 1. The molecule has 0 fully saturated rings. The molecule has 1 aromatic rings. The lowest BCUT2D eigenvalue weighted by atomic mass is 10.3. The van der Waals surface area contributed by atoms with Gasteiger partial charge in [-0.2, -0.15) is 0 Å². The molecule has 0 saturated carbocycles. The summed E-state index contributed by atoms with van der Waals surface area (Å²) in [5, 5.41) is 0. The molecule has 3 N–H and O–H groups in total. The second-order valence-corrected chi connectivity index (χ2v) is 7.52. The molecule has 19 heavy (non-hydrogen) atoms. The molecule has 8 heteroatoms. The van der Waals surface area contributed by atoms with Gasteiger partial charge in [-0.1, -0.05) is 6.92 Å². The topological polar surface area (TPSA) is 75.4 Å². The van der Waals surface area contributed by atoms with Crippen molar-refractivity contribution in [2.45, 2.75) is 11.8 Å². The van der Waals surface area contributed by atoms with Gasteiger partial charge in [0.25, 0.3) is 0 Å². The van der Waals surface area contributed by atoms with E-state index in [-0.39, 0.29) is 4.90 Å². The summed E-state index contributed by atoms with van der Waals surface area (Å²) in [4.78, 5) is 2.19. The van der Waals surface area contributed by atoms with E-state index in [4.69, 9.17) is 5.73 Å². The number of hydrogen-bond donors (Lipinski definition) is 2. The van der Waals surface area contributed by atoms with Crippen LogP contribution >= 0.6 is 31.9 Å². The third-order valence-corrected chi connectivity index (χ3v) is 5.95. The highest BCUT2D eigenvalue weighted by Crippen LogP contribution is 2.32. The zero-order valence-corrected chi connectivity index (χ0v) is 14.8. The summed E-state index contributed by atoms with van der Waals surface area (Å²) >= 11 is 6.46. The van der Waals surface area contributed by atoms with Gasteiger partial charge >= 0.3 is 0 Å². The number of hydrogen-bond acceptors (Lipinski definition) is 4. The van der Waals surface area contributed by atoms with Gasteiger partial charge < -0.3 is 10.6 Å². The van der Waals surface area contributed by atoms with Crippen LogP contribution in [0.3, 0.4) is 0 Å². The normalized spacial score (nSPS) is 12.1. The van der Waals surface area contributed by atoms with E-state index in [0.29, 0.717) is 27.7 Å². The van der Waals surface area contributed by atoms with Crippen LogP contribution in [-0.4, -0.2) is 40.0 Å². The Morgan fingerprint density at radius 1 is 1.32 bits per heavy atom. The third-order valence-electron chi connectivity index (χ3n) is 2.61. The van der Waals surface area contributed by atoms with E-state index in [9.17, 15) is 8.42 Å². The van der Waals surface area contributed by atoms with Gasteiger partial charge in [0, 0.05) is 27.7 Å². The van der Waals surface area contributed by atoms with Crippen LogP contribution in [0.25, 0.3) is 0 Å². The van der Waals surface area contributed by atoms with Gasteiger partial charge in [0.05, 0.1) is 0 Å². The minimum Gasteiger partial charge on any atom is -0.399 e. The lowest BCUT2D eigenvalue weighted by molar-refractivity contribution is 0.358. The summed E-state index contributed by atoms with van der Waals surface area (Å²) in [6, 6.07) is 3.13. The van der Waals surface area contributed by atoms with E-state index in [0.717, 1.165) is 6.54 Å². The zero-order valence-electron chi connectivity index (χ0n) is 10.8. The van der Waals surface area contributed by atoms with Crippen LogP contribution in [0.5, 0.6) is 0 Å². The molecular weight excluding hydrogens is 398 g/mol. The summed E-state index contributed by atoms with van der Waals surface area (Å²) in [5.74, 6) is 0. The second-order valence-electron chi connectivity index (χ2n) is 4.11. The monoisotopic (exact) mass is 413 g/mol. The van der Waals surface area contributed by atoms with Crippen molar-refractivity contribution in [3.63, 3.8) is 0 Å². The fourth-order valence-electron chi connectivity index (χ4n) is 1.44. The van der Waals surface area contributed by atoms with Crippen molar-refractivity contribution in [3.8, 4) is 0 Å². The van der Waals surface area contributed by atoms with Crippen LogP contribution in [-0.2, 0) is 10.0 Å². The van der Waals surface area contributed by atoms with Crippen LogP contribution in [0.4, 0.5) is 5.69 Å². The molecule has 0 saturated heterocycles. The Labute approximate surface area is 130 Å². The molecule has 0 aliphatic heterocycles. The van der Waals surface area contributed by atoms with E-state index >= 15 is 0 Å². The summed E-state index contributed by atoms with van der Waals surface area (Å²) in [7, 11) is -1.63. The average molecular weight is 415 g/mol. The fourth-order valence-corrected chi connectivity index (χ4v) is 5.07. The average Bonchev–Trinajstić information content (AvgIpc) is 2.26. The number of nitrogens with zero attached hydrogens (tertiary/aromatic N) is 1. The molecule has 0 unspecified atom stereocenters. The van der Waals surface area contributed by atoms with Gasteiger partial charge in [0.15, 0.2) is 0 Å². The van der Waals surface area contributed by atoms with Gasteiger partial charge in [-0.25, -0.2) is 13.1 Å². The molecule has 0 amide bonds. The standard InChI is InChI=1S/C11H17Br2N3O2S/c1-3-16(2)5-4-15-19(17,18)11-9(12)6-8(14)7-10(11)13/h6-7,15H,3-5,14H2,1-2H3. The molecule has 0 bridgehead atoms. The largest absolute Gasteiger partial charge is 0.399 e. The maximum atomic E-state index is 12.2. The zero-order chi connectivity index (χ0) is 14.6. The van der Waals surface area contributed by atoms with Crippen LogP contribution in [0.15, 0.2) is 26.0 Å². The smallest absolute Gasteiger partial charge is 0.242 e. The number of nitrogen functional groups attached to an aromatic ring is 1. The number of nitrogens with two attached hydrogens (primary N) is 1. The SMILES string of the molecule is CCN(C)CCNS(=O)(=O)c1c(Br)cc(N)cc1Br. The molecule has 0 radical (unpaired) electrons. The summed E-state index contributed by atoms with van der Waals surface area (Å²) in [6.07, 6.45) is 0. The van der Waals surface area contributed by atoms with Crippen molar-refractivity contribution >= 4 is 47.6 Å². The minimum absolute atomic E-state index is 0.167. The lowest BCUT2D eigenvalue weighted by Gasteiger charge is -2.15. The second kappa shape index (κ2) is 7.03. The van der Waals surface area contributed by atoms with Crippen molar-refractivity contribution in [2.75, 3.05) is 32.4 Å². The van der Waals surface area contributed by atoms with Gasteiger partial charge in [0.1, 0.15) is 4.90 Å². The van der Waals surface area contributed by atoms with Crippen molar-refractivity contribution in [3.05, 3.63) is 21.1 Å². The fraction of sp³-hybridized carbons (Fsp3) is 0.455. The Kier molecular flexibility index (Phi) is 6.25. The van der Waals surface area contributed by atoms with Crippen molar-refractivity contribution in [1.82, 2.24) is 9.62 Å². The van der Waals surface area contributed by atoms with Crippen molar-refractivity contribution < 1.29 is 8.42 Å². The highest BCUT2D eigenvalue weighted by molar-refractivity contribution is 9.11. The van der Waals surface area contributed by atoms with Crippen molar-refractivity contribution in [2.24, 2.45) is 0 Å². The first kappa shape index (κ1) is 16.9. The number of rotatable bonds is 6. The maximum Gasteiger partial charge on any atom is 0.242 e. The van der Waals surface area contributed by atoms with E-state index in [1.54, 1.807) is 12.1 Å². The van der Waals surface area contributed by atoms with Gasteiger partial charge in [-0.05, 0) is 57.6 Å². The highest BCUT2D eigenvalue weighted by Gasteiger charge is 2.21. The van der Waals surface area contributed by atoms with Gasteiger partial charge in [0.2, 0.25) is 10.0 Å². The molecule has 108 valence electrons. The molecular formula is C11H17Br2N3O2S. The molecule has 1 aromatic carbocycles. The Balaban J connectivity index is 2.89. The highest BCUT2D eigenvalue weighted by atomic mass is 79.9. The molecule has 0 aliphatic carbocycles. The number of halogens is 2. The molecule has 0 aliphatic rings. The van der Waals surface area contributed by atoms with Crippen LogP contribution in [0, 0.1) is 0 Å². The number of benzene rings is 1. The van der Waals surface area contributed by atoms with Gasteiger partial charge in [-0.15, -0.1) is 0 Å². The molecule has 0 aromatic heterocycles. The van der Waals surface area contributed by atoms with Crippen molar-refractivity contribution in [1.29, 1.82) is 0 Å². The minimum atomic E-state index is -3.57. The molecule has 5 nitrogen and oxygen atoms in total. The predicted molar refractivity (Wildman–Crippen MR) is 84.6 cm³/mol. The first-order valence-corrected chi connectivity index (χ1v) is 8.77.